The molecule has 0 aromatic carbocycles. The fourth-order valence-corrected chi connectivity index (χ4v) is 2.33. The minimum Gasteiger partial charge on any atom is -0.480 e. The molecule has 0 aliphatic carbocycles. The number of carboxylic acids is 1. The van der Waals surface area contributed by atoms with E-state index in [4.69, 9.17) is 14.6 Å². The van der Waals surface area contributed by atoms with Crippen molar-refractivity contribution in [2.24, 2.45) is 0 Å². The number of ether oxygens (including phenoxy) is 2. The highest BCUT2D eigenvalue weighted by Gasteiger charge is 2.46. The number of nitrogens with one attached hydrogen (secondary N) is 2. The zero-order valence-corrected chi connectivity index (χ0v) is 13.0. The predicted molar refractivity (Wildman–Crippen MR) is 76.4 cm³/mol. The molecule has 23 heavy (non-hydrogen) atoms. The Balaban J connectivity index is 2.72. The van der Waals surface area contributed by atoms with Gasteiger partial charge in [-0.05, 0) is 6.92 Å². The average molecular weight is 336 g/mol. The number of rotatable bonds is 8. The zero-order chi connectivity index (χ0) is 17.6. The Morgan fingerprint density at radius 3 is 2.52 bits per heavy atom. The number of aliphatic carboxylic acids is 1. The SMILES string of the molecule is CC(=O)N[C@@H]1[C@@H](OC(C)CNCC(=O)O)[C@H](O)[C@@H](CO)O[C@@H]1O. The van der Waals surface area contributed by atoms with E-state index in [1.54, 1.807) is 6.92 Å². The van der Waals surface area contributed by atoms with Crippen LogP contribution in [0.25, 0.3) is 0 Å². The van der Waals surface area contributed by atoms with Crippen LogP contribution < -0.4 is 10.6 Å². The predicted octanol–water partition coefficient (Wildman–Crippen LogP) is -2.99. The molecule has 1 aliphatic heterocycles. The zero-order valence-electron chi connectivity index (χ0n) is 13.0. The van der Waals surface area contributed by atoms with Crippen molar-refractivity contribution in [3.8, 4) is 0 Å². The highest BCUT2D eigenvalue weighted by molar-refractivity contribution is 5.73. The lowest BCUT2D eigenvalue weighted by atomic mass is 9.96. The van der Waals surface area contributed by atoms with Gasteiger partial charge >= 0.3 is 5.97 Å². The summed E-state index contributed by atoms with van der Waals surface area (Å²) in [7, 11) is 0. The van der Waals surface area contributed by atoms with Crippen molar-refractivity contribution >= 4 is 11.9 Å². The summed E-state index contributed by atoms with van der Waals surface area (Å²) < 4.78 is 10.7. The van der Waals surface area contributed by atoms with E-state index in [-0.39, 0.29) is 13.1 Å². The minimum absolute atomic E-state index is 0.184. The average Bonchev–Trinajstić information content (AvgIpc) is 2.45. The molecule has 1 heterocycles. The van der Waals surface area contributed by atoms with E-state index >= 15 is 0 Å². The Bertz CT molecular complexity index is 407. The number of carbonyl (C=O) groups is 2. The van der Waals surface area contributed by atoms with Gasteiger partial charge in [0, 0.05) is 13.5 Å². The third kappa shape index (κ3) is 6.01. The Morgan fingerprint density at radius 2 is 2.00 bits per heavy atom. The summed E-state index contributed by atoms with van der Waals surface area (Å²) >= 11 is 0. The number of carboxylic acid groups (broad SMARTS) is 1. The van der Waals surface area contributed by atoms with Gasteiger partial charge in [0.25, 0.3) is 0 Å². The third-order valence-corrected chi connectivity index (χ3v) is 3.34. The van der Waals surface area contributed by atoms with Gasteiger partial charge in [-0.3, -0.25) is 9.59 Å². The molecule has 0 radical (unpaired) electrons. The van der Waals surface area contributed by atoms with E-state index in [1.165, 1.54) is 6.92 Å². The Labute approximate surface area is 133 Å². The van der Waals surface area contributed by atoms with E-state index in [9.17, 15) is 24.9 Å². The summed E-state index contributed by atoms with van der Waals surface area (Å²) in [6.07, 6.45) is -5.33. The summed E-state index contributed by atoms with van der Waals surface area (Å²) in [5, 5.41) is 43.0. The van der Waals surface area contributed by atoms with Gasteiger partial charge in [-0.25, -0.2) is 0 Å². The van der Waals surface area contributed by atoms with Gasteiger partial charge in [0.1, 0.15) is 24.4 Å². The van der Waals surface area contributed by atoms with Crippen LogP contribution >= 0.6 is 0 Å². The smallest absolute Gasteiger partial charge is 0.317 e. The van der Waals surface area contributed by atoms with E-state index < -0.39 is 55.2 Å². The van der Waals surface area contributed by atoms with Crippen LogP contribution in [0.2, 0.25) is 0 Å². The van der Waals surface area contributed by atoms with Crippen LogP contribution in [0, 0.1) is 0 Å². The van der Waals surface area contributed by atoms with Crippen LogP contribution in [0.15, 0.2) is 0 Å². The normalized spacial score (nSPS) is 32.3. The van der Waals surface area contributed by atoms with Crippen molar-refractivity contribution in [2.45, 2.75) is 50.6 Å². The maximum atomic E-state index is 11.3. The van der Waals surface area contributed by atoms with E-state index in [1.807, 2.05) is 0 Å². The Hall–Kier alpha value is -1.30. The second kappa shape index (κ2) is 9.11. The highest BCUT2D eigenvalue weighted by Crippen LogP contribution is 2.23. The summed E-state index contributed by atoms with van der Waals surface area (Å²) in [5.41, 5.74) is 0. The summed E-state index contributed by atoms with van der Waals surface area (Å²) in [4.78, 5) is 21.7. The number of aliphatic hydroxyl groups is 3. The van der Waals surface area contributed by atoms with Gasteiger partial charge in [0.2, 0.25) is 5.91 Å². The third-order valence-electron chi connectivity index (χ3n) is 3.34. The maximum absolute atomic E-state index is 11.3. The molecule has 1 aliphatic rings. The highest BCUT2D eigenvalue weighted by atomic mass is 16.6. The van der Waals surface area contributed by atoms with Crippen molar-refractivity contribution < 1.29 is 39.5 Å². The van der Waals surface area contributed by atoms with Crippen molar-refractivity contribution in [1.82, 2.24) is 10.6 Å². The molecule has 1 rings (SSSR count). The molecule has 10 heteroatoms. The summed E-state index contributed by atoms with van der Waals surface area (Å²) in [6.45, 7) is 2.29. The fourth-order valence-electron chi connectivity index (χ4n) is 2.33. The molecule has 6 N–H and O–H groups in total. The topological polar surface area (TPSA) is 158 Å². The van der Waals surface area contributed by atoms with Crippen LogP contribution in [0.3, 0.4) is 0 Å². The van der Waals surface area contributed by atoms with E-state index in [0.29, 0.717) is 0 Å². The molecule has 0 aromatic heterocycles. The molecular formula is C13H24N2O8. The first kappa shape index (κ1) is 19.7. The molecule has 0 bridgehead atoms. The summed E-state index contributed by atoms with van der Waals surface area (Å²) in [5.74, 6) is -1.47. The number of carbonyl (C=O) groups excluding carboxylic acids is 1. The number of amides is 1. The lowest BCUT2D eigenvalue weighted by Crippen LogP contribution is -2.65. The van der Waals surface area contributed by atoms with Crippen LogP contribution in [0.1, 0.15) is 13.8 Å². The maximum Gasteiger partial charge on any atom is 0.317 e. The molecule has 1 fully saturated rings. The molecule has 10 nitrogen and oxygen atoms in total. The van der Waals surface area contributed by atoms with Crippen molar-refractivity contribution in [3.63, 3.8) is 0 Å². The van der Waals surface area contributed by atoms with Gasteiger partial charge in [0.15, 0.2) is 6.29 Å². The second-order valence-corrected chi connectivity index (χ2v) is 5.40. The van der Waals surface area contributed by atoms with Crippen molar-refractivity contribution in [1.29, 1.82) is 0 Å². The summed E-state index contributed by atoms with van der Waals surface area (Å²) in [6, 6.07) is -1.02. The fraction of sp³-hybridized carbons (Fsp3) is 0.846. The largest absolute Gasteiger partial charge is 0.480 e. The lowest BCUT2D eigenvalue weighted by molar-refractivity contribution is -0.267. The number of aliphatic hydroxyl groups excluding tert-OH is 3. The van der Waals surface area contributed by atoms with Crippen LogP contribution in [-0.4, -0.2) is 88.7 Å². The first-order valence-electron chi connectivity index (χ1n) is 7.23. The Kier molecular flexibility index (Phi) is 7.82. The van der Waals surface area contributed by atoms with Crippen LogP contribution in [0.4, 0.5) is 0 Å². The van der Waals surface area contributed by atoms with E-state index in [2.05, 4.69) is 10.6 Å². The van der Waals surface area contributed by atoms with E-state index in [0.717, 1.165) is 0 Å². The van der Waals surface area contributed by atoms with Gasteiger partial charge in [-0.15, -0.1) is 0 Å². The minimum atomic E-state index is -1.45. The number of hydrogen-bond donors (Lipinski definition) is 6. The van der Waals surface area contributed by atoms with Gasteiger partial charge in [-0.1, -0.05) is 0 Å². The van der Waals surface area contributed by atoms with Crippen molar-refractivity contribution in [3.05, 3.63) is 0 Å². The molecule has 0 saturated carbocycles. The molecule has 0 aromatic rings. The standard InChI is InChI=1S/C13H24N2O8/c1-6(3-14-4-9(18)19)22-12-10(15-7(2)17)13(21)23-8(5-16)11(12)20/h6,8,10-14,16,20-21H,3-5H2,1-2H3,(H,15,17)(H,18,19)/t6?,8-,10-,11-,12-,13+/m1/s1. The van der Waals surface area contributed by atoms with Crippen molar-refractivity contribution in [2.75, 3.05) is 19.7 Å². The molecule has 134 valence electrons. The first-order chi connectivity index (χ1) is 10.8. The monoisotopic (exact) mass is 336 g/mol. The Morgan fingerprint density at radius 1 is 1.35 bits per heavy atom. The molecule has 6 atom stereocenters. The second-order valence-electron chi connectivity index (χ2n) is 5.40. The molecule has 1 amide bonds. The molecule has 1 saturated heterocycles. The van der Waals surface area contributed by atoms with Gasteiger partial charge in [-0.2, -0.15) is 0 Å². The van der Waals surface area contributed by atoms with Gasteiger partial charge in [0.05, 0.1) is 19.3 Å². The molecular weight excluding hydrogens is 312 g/mol. The first-order valence-corrected chi connectivity index (χ1v) is 7.23. The molecule has 0 spiro atoms. The van der Waals surface area contributed by atoms with Crippen LogP contribution in [-0.2, 0) is 19.1 Å². The quantitative estimate of drug-likeness (QED) is 0.272. The molecule has 1 unspecified atom stereocenters. The number of hydrogen-bond acceptors (Lipinski definition) is 8. The lowest BCUT2D eigenvalue weighted by Gasteiger charge is -2.43. The van der Waals surface area contributed by atoms with Gasteiger partial charge < -0.3 is 40.5 Å². The van der Waals surface area contributed by atoms with Crippen LogP contribution in [0.5, 0.6) is 0 Å².